The van der Waals surface area contributed by atoms with Crippen molar-refractivity contribution in [2.75, 3.05) is 24.6 Å². The number of hydrogen-bond donors (Lipinski definition) is 0. The smallest absolute Gasteiger partial charge is 0.266 e. The zero-order chi connectivity index (χ0) is 23.1. The second-order valence-electron chi connectivity index (χ2n) is 7.95. The van der Waals surface area contributed by atoms with Crippen LogP contribution in [-0.4, -0.2) is 41.4 Å². The van der Waals surface area contributed by atoms with Gasteiger partial charge in [0, 0.05) is 34.9 Å². The molecule has 2 aliphatic heterocycles. The molecule has 2 aliphatic rings. The number of carbonyl (C=O) groups is 2. The summed E-state index contributed by atoms with van der Waals surface area (Å²) < 4.78 is 19.1. The molecular formula is C24H18Cl2FN3O3. The van der Waals surface area contributed by atoms with E-state index in [1.807, 2.05) is 0 Å². The molecule has 0 radical (unpaired) electrons. The monoisotopic (exact) mass is 485 g/mol. The standard InChI is InChI=1S/C24H18Cl2FN3O3/c25-18-5-16(6-19(26)9-18)17-8-21-24(28-10-17)30(23(32)13-33-21)12-22(31)29-4-3-14-7-20(27)2-1-15(14)11-29/h1-2,5-10H,3-4,11-13H2. The van der Waals surface area contributed by atoms with Gasteiger partial charge >= 0.3 is 0 Å². The van der Waals surface area contributed by atoms with E-state index in [4.69, 9.17) is 27.9 Å². The fourth-order valence-electron chi connectivity index (χ4n) is 4.09. The highest BCUT2D eigenvalue weighted by molar-refractivity contribution is 6.35. The maximum atomic E-state index is 13.5. The molecule has 0 saturated heterocycles. The molecule has 3 heterocycles. The van der Waals surface area contributed by atoms with E-state index in [-0.39, 0.29) is 36.6 Å². The summed E-state index contributed by atoms with van der Waals surface area (Å²) >= 11 is 12.2. The first-order chi connectivity index (χ1) is 15.9. The van der Waals surface area contributed by atoms with Gasteiger partial charge in [-0.15, -0.1) is 0 Å². The highest BCUT2D eigenvalue weighted by Crippen LogP contribution is 2.35. The second-order valence-corrected chi connectivity index (χ2v) is 8.82. The Kier molecular flexibility index (Phi) is 5.68. The van der Waals surface area contributed by atoms with Crippen molar-refractivity contribution in [1.82, 2.24) is 9.88 Å². The number of anilines is 1. The number of carbonyl (C=O) groups excluding carboxylic acids is 2. The number of nitrogens with zero attached hydrogens (tertiary/aromatic N) is 3. The average molecular weight is 486 g/mol. The lowest BCUT2D eigenvalue weighted by Gasteiger charge is -2.33. The Hall–Kier alpha value is -3.16. The number of aromatic nitrogens is 1. The van der Waals surface area contributed by atoms with E-state index in [2.05, 4.69) is 4.98 Å². The van der Waals surface area contributed by atoms with Crippen molar-refractivity contribution in [1.29, 1.82) is 0 Å². The van der Waals surface area contributed by atoms with Crippen LogP contribution in [0, 0.1) is 5.82 Å². The Bertz CT molecular complexity index is 1260. The maximum absolute atomic E-state index is 13.5. The summed E-state index contributed by atoms with van der Waals surface area (Å²) in [4.78, 5) is 33.0. The van der Waals surface area contributed by atoms with Gasteiger partial charge < -0.3 is 9.64 Å². The van der Waals surface area contributed by atoms with Gasteiger partial charge in [0.1, 0.15) is 12.4 Å². The SMILES string of the molecule is O=C(CN1C(=O)COc2cc(-c3cc(Cl)cc(Cl)c3)cnc21)N1CCc2cc(F)ccc2C1. The molecule has 33 heavy (non-hydrogen) atoms. The minimum Gasteiger partial charge on any atom is -0.480 e. The third-order valence-corrected chi connectivity index (χ3v) is 6.20. The molecule has 9 heteroatoms. The van der Waals surface area contributed by atoms with Crippen LogP contribution in [0.3, 0.4) is 0 Å². The number of fused-ring (bicyclic) bond motifs is 2. The lowest BCUT2D eigenvalue weighted by molar-refractivity contribution is -0.132. The molecule has 168 valence electrons. The van der Waals surface area contributed by atoms with Crippen LogP contribution in [0.5, 0.6) is 5.75 Å². The number of rotatable bonds is 3. The van der Waals surface area contributed by atoms with Gasteiger partial charge in [-0.25, -0.2) is 9.37 Å². The first-order valence-electron chi connectivity index (χ1n) is 10.3. The van der Waals surface area contributed by atoms with Gasteiger partial charge in [-0.2, -0.15) is 0 Å². The van der Waals surface area contributed by atoms with E-state index < -0.39 is 0 Å². The predicted molar refractivity (Wildman–Crippen MR) is 123 cm³/mol. The van der Waals surface area contributed by atoms with E-state index in [9.17, 15) is 14.0 Å². The lowest BCUT2D eigenvalue weighted by atomic mass is 9.99. The number of amides is 2. The minimum absolute atomic E-state index is 0.152. The highest BCUT2D eigenvalue weighted by atomic mass is 35.5. The molecule has 0 aliphatic carbocycles. The maximum Gasteiger partial charge on any atom is 0.266 e. The molecule has 5 rings (SSSR count). The quantitative estimate of drug-likeness (QED) is 0.547. The van der Waals surface area contributed by atoms with E-state index in [0.29, 0.717) is 35.3 Å². The van der Waals surface area contributed by atoms with Gasteiger partial charge in [0.15, 0.2) is 18.2 Å². The van der Waals surface area contributed by atoms with Crippen molar-refractivity contribution in [2.24, 2.45) is 0 Å². The van der Waals surface area contributed by atoms with Crippen LogP contribution >= 0.6 is 23.2 Å². The van der Waals surface area contributed by atoms with Crippen molar-refractivity contribution in [2.45, 2.75) is 13.0 Å². The van der Waals surface area contributed by atoms with Gasteiger partial charge in [0.2, 0.25) is 5.91 Å². The van der Waals surface area contributed by atoms with Crippen molar-refractivity contribution in [3.63, 3.8) is 0 Å². The summed E-state index contributed by atoms with van der Waals surface area (Å²) in [5, 5.41) is 0.980. The molecule has 1 aromatic heterocycles. The molecule has 6 nitrogen and oxygen atoms in total. The Morgan fingerprint density at radius 1 is 1.06 bits per heavy atom. The van der Waals surface area contributed by atoms with Gasteiger partial charge in [0.25, 0.3) is 5.91 Å². The van der Waals surface area contributed by atoms with E-state index in [1.165, 1.54) is 17.0 Å². The second kappa shape index (κ2) is 8.65. The first-order valence-corrected chi connectivity index (χ1v) is 11.1. The van der Waals surface area contributed by atoms with Crippen molar-refractivity contribution >= 4 is 40.8 Å². The summed E-state index contributed by atoms with van der Waals surface area (Å²) in [6, 6.07) is 11.5. The Morgan fingerprint density at radius 2 is 1.85 bits per heavy atom. The van der Waals surface area contributed by atoms with E-state index >= 15 is 0 Å². The van der Waals surface area contributed by atoms with E-state index in [0.717, 1.165) is 22.3 Å². The Labute approximate surface area is 199 Å². The fraction of sp³-hybridized carbons (Fsp3) is 0.208. The Balaban J connectivity index is 1.37. The molecule has 2 aromatic carbocycles. The molecule has 0 spiro atoms. The summed E-state index contributed by atoms with van der Waals surface area (Å²) in [7, 11) is 0. The number of ether oxygens (including phenoxy) is 1. The summed E-state index contributed by atoms with van der Waals surface area (Å²) in [6.07, 6.45) is 2.15. The fourth-order valence-corrected chi connectivity index (χ4v) is 4.62. The zero-order valence-corrected chi connectivity index (χ0v) is 18.9. The molecular weight excluding hydrogens is 468 g/mol. The van der Waals surface area contributed by atoms with Crippen LogP contribution in [0.1, 0.15) is 11.1 Å². The van der Waals surface area contributed by atoms with E-state index in [1.54, 1.807) is 41.4 Å². The largest absolute Gasteiger partial charge is 0.480 e. The van der Waals surface area contributed by atoms with Crippen molar-refractivity contribution < 1.29 is 18.7 Å². The molecule has 0 saturated carbocycles. The molecule has 0 unspecified atom stereocenters. The number of hydrogen-bond acceptors (Lipinski definition) is 4. The number of benzene rings is 2. The highest BCUT2D eigenvalue weighted by Gasteiger charge is 2.31. The average Bonchev–Trinajstić information content (AvgIpc) is 2.79. The molecule has 3 aromatic rings. The molecule has 2 amide bonds. The van der Waals surface area contributed by atoms with Gasteiger partial charge in [-0.1, -0.05) is 29.3 Å². The molecule has 0 atom stereocenters. The first kappa shape index (κ1) is 21.7. The van der Waals surface area contributed by atoms with Crippen LogP contribution in [-0.2, 0) is 22.6 Å². The summed E-state index contributed by atoms with van der Waals surface area (Å²) in [5.74, 6) is -0.152. The van der Waals surface area contributed by atoms with Gasteiger partial charge in [0.05, 0.1) is 0 Å². The van der Waals surface area contributed by atoms with Crippen LogP contribution in [0.25, 0.3) is 11.1 Å². The zero-order valence-electron chi connectivity index (χ0n) is 17.4. The lowest BCUT2D eigenvalue weighted by Crippen LogP contribution is -2.47. The van der Waals surface area contributed by atoms with Crippen molar-refractivity contribution in [3.05, 3.63) is 75.7 Å². The normalized spacial score (nSPS) is 15.1. The van der Waals surface area contributed by atoms with Gasteiger partial charge in [-0.05, 0) is 59.5 Å². The van der Waals surface area contributed by atoms with Crippen molar-refractivity contribution in [3.8, 4) is 16.9 Å². The van der Waals surface area contributed by atoms with Crippen LogP contribution in [0.15, 0.2) is 48.7 Å². The minimum atomic E-state index is -0.346. The summed E-state index contributed by atoms with van der Waals surface area (Å²) in [6.45, 7) is 0.495. The molecule has 0 bridgehead atoms. The number of pyridine rings is 1. The third-order valence-electron chi connectivity index (χ3n) is 5.76. The molecule has 0 N–H and O–H groups in total. The van der Waals surface area contributed by atoms with Crippen LogP contribution < -0.4 is 9.64 Å². The van der Waals surface area contributed by atoms with Gasteiger partial charge in [-0.3, -0.25) is 14.5 Å². The summed E-state index contributed by atoms with van der Waals surface area (Å²) in [5.41, 5.74) is 3.29. The Morgan fingerprint density at radius 3 is 2.64 bits per heavy atom. The van der Waals surface area contributed by atoms with Crippen LogP contribution in [0.2, 0.25) is 10.0 Å². The topological polar surface area (TPSA) is 62.7 Å². The molecule has 0 fully saturated rings. The third kappa shape index (κ3) is 4.38. The predicted octanol–water partition coefficient (Wildman–Crippen LogP) is 4.50. The van der Waals surface area contributed by atoms with Crippen LogP contribution in [0.4, 0.5) is 10.2 Å². The number of halogens is 3.